The Kier molecular flexibility index (Phi) is 5.21. The number of halogens is 2. The van der Waals surface area contributed by atoms with Crippen LogP contribution in [0.5, 0.6) is 0 Å². The summed E-state index contributed by atoms with van der Waals surface area (Å²) in [6, 6.07) is 10.0. The monoisotopic (exact) mass is 358 g/mol. The Bertz CT molecular complexity index is 555. The Balaban J connectivity index is 0.00000162. The lowest BCUT2D eigenvalue weighted by Gasteiger charge is -2.01. The van der Waals surface area contributed by atoms with Crippen LogP contribution in [0.3, 0.4) is 0 Å². The van der Waals surface area contributed by atoms with Crippen molar-refractivity contribution in [2.24, 2.45) is 12.2 Å². The molecule has 0 unspecified atom stereocenters. The van der Waals surface area contributed by atoms with Gasteiger partial charge in [-0.3, -0.25) is 0 Å². The standard InChI is InChI=1S/C13H11FN2O.HI/c1-16-7-6-11(8-13(16)9-15-17)10-2-4-12(14)5-3-10;/h2-9H,1H3;1H. The van der Waals surface area contributed by atoms with Crippen molar-refractivity contribution in [3.8, 4) is 11.1 Å². The maximum absolute atomic E-state index is 12.8. The molecule has 0 aliphatic heterocycles. The number of oxime groups is 1. The Hall–Kier alpha value is -1.50. The molecule has 0 saturated carbocycles. The van der Waals surface area contributed by atoms with Crippen molar-refractivity contribution >= 4 is 6.21 Å². The molecular formula is C13H12FIN2O. The fourth-order valence-corrected chi connectivity index (χ4v) is 1.60. The van der Waals surface area contributed by atoms with Gasteiger partial charge in [0, 0.05) is 12.1 Å². The summed E-state index contributed by atoms with van der Waals surface area (Å²) in [7, 11) is 1.85. The van der Waals surface area contributed by atoms with Crippen LogP contribution in [0.2, 0.25) is 0 Å². The van der Waals surface area contributed by atoms with Crippen LogP contribution in [0.1, 0.15) is 5.69 Å². The summed E-state index contributed by atoms with van der Waals surface area (Å²) < 4.78 is 14.6. The maximum Gasteiger partial charge on any atom is 0.227 e. The van der Waals surface area contributed by atoms with Gasteiger partial charge in [0.25, 0.3) is 0 Å². The highest BCUT2D eigenvalue weighted by Crippen LogP contribution is 2.18. The van der Waals surface area contributed by atoms with Gasteiger partial charge in [-0.1, -0.05) is 17.3 Å². The van der Waals surface area contributed by atoms with Crippen LogP contribution in [-0.2, 0) is 7.05 Å². The summed E-state index contributed by atoms with van der Waals surface area (Å²) in [6.45, 7) is 0. The van der Waals surface area contributed by atoms with Crippen LogP contribution < -0.4 is 28.5 Å². The van der Waals surface area contributed by atoms with Gasteiger partial charge in [0.2, 0.25) is 5.69 Å². The van der Waals surface area contributed by atoms with E-state index < -0.39 is 0 Å². The molecule has 1 heterocycles. The van der Waals surface area contributed by atoms with Crippen molar-refractivity contribution < 1.29 is 38.1 Å². The van der Waals surface area contributed by atoms with Crippen molar-refractivity contribution in [2.75, 3.05) is 0 Å². The first-order valence-corrected chi connectivity index (χ1v) is 5.14. The van der Waals surface area contributed by atoms with Crippen LogP contribution >= 0.6 is 0 Å². The molecule has 0 aliphatic rings. The SMILES string of the molecule is C[n+]1ccc(-c2ccc(F)cc2)cc1/C=N/O.[I-]. The highest BCUT2D eigenvalue weighted by Gasteiger charge is 2.07. The fraction of sp³-hybridized carbons (Fsp3) is 0.0769. The van der Waals surface area contributed by atoms with E-state index in [0.29, 0.717) is 0 Å². The molecule has 94 valence electrons. The lowest BCUT2D eigenvalue weighted by atomic mass is 10.1. The lowest BCUT2D eigenvalue weighted by Crippen LogP contribution is -3.00. The van der Waals surface area contributed by atoms with E-state index in [9.17, 15) is 4.39 Å². The fourth-order valence-electron chi connectivity index (χ4n) is 1.60. The van der Waals surface area contributed by atoms with Gasteiger partial charge in [-0.05, 0) is 23.3 Å². The molecule has 0 radical (unpaired) electrons. The highest BCUT2D eigenvalue weighted by atomic mass is 127. The molecule has 2 rings (SSSR count). The van der Waals surface area contributed by atoms with Crippen molar-refractivity contribution in [1.82, 2.24) is 0 Å². The van der Waals surface area contributed by atoms with E-state index in [2.05, 4.69) is 5.16 Å². The van der Waals surface area contributed by atoms with Gasteiger partial charge in [0.05, 0.1) is 0 Å². The topological polar surface area (TPSA) is 36.5 Å². The van der Waals surface area contributed by atoms with Gasteiger partial charge in [-0.25, -0.2) is 8.96 Å². The molecule has 5 heteroatoms. The zero-order chi connectivity index (χ0) is 12.3. The van der Waals surface area contributed by atoms with E-state index in [1.54, 1.807) is 12.1 Å². The summed E-state index contributed by atoms with van der Waals surface area (Å²) in [5.74, 6) is -0.257. The number of aryl methyl sites for hydroxylation is 1. The molecule has 0 fully saturated rings. The first kappa shape index (κ1) is 14.6. The third-order valence-corrected chi connectivity index (χ3v) is 2.56. The summed E-state index contributed by atoms with van der Waals surface area (Å²) in [4.78, 5) is 0. The number of aromatic nitrogens is 1. The van der Waals surface area contributed by atoms with E-state index in [0.717, 1.165) is 16.8 Å². The van der Waals surface area contributed by atoms with E-state index in [1.807, 2.05) is 29.9 Å². The predicted octanol–water partition coefficient (Wildman–Crippen LogP) is -0.871. The lowest BCUT2D eigenvalue weighted by molar-refractivity contribution is -0.672. The average molecular weight is 358 g/mol. The molecule has 0 atom stereocenters. The molecule has 2 aromatic rings. The van der Waals surface area contributed by atoms with Crippen molar-refractivity contribution in [2.45, 2.75) is 0 Å². The number of nitrogens with zero attached hydrogens (tertiary/aromatic N) is 2. The maximum atomic E-state index is 12.8. The predicted molar refractivity (Wildman–Crippen MR) is 62.4 cm³/mol. The zero-order valence-corrected chi connectivity index (χ0v) is 11.9. The summed E-state index contributed by atoms with van der Waals surface area (Å²) in [5, 5.41) is 11.6. The third kappa shape index (κ3) is 3.25. The first-order valence-electron chi connectivity index (χ1n) is 5.14. The molecule has 0 amide bonds. The van der Waals surface area contributed by atoms with Crippen LogP contribution in [-0.4, -0.2) is 11.4 Å². The quantitative estimate of drug-likeness (QED) is 0.245. The largest absolute Gasteiger partial charge is 1.00 e. The van der Waals surface area contributed by atoms with Crippen molar-refractivity contribution in [3.05, 3.63) is 54.1 Å². The molecule has 3 nitrogen and oxygen atoms in total. The normalized spacial score (nSPS) is 10.3. The van der Waals surface area contributed by atoms with Gasteiger partial charge < -0.3 is 29.2 Å². The second kappa shape index (κ2) is 6.44. The van der Waals surface area contributed by atoms with Crippen LogP contribution in [0, 0.1) is 5.82 Å². The molecular weight excluding hydrogens is 346 g/mol. The number of pyridine rings is 1. The molecule has 1 aromatic carbocycles. The minimum Gasteiger partial charge on any atom is -1.00 e. The van der Waals surface area contributed by atoms with Gasteiger partial charge in [0.15, 0.2) is 6.20 Å². The number of benzene rings is 1. The number of rotatable bonds is 2. The summed E-state index contributed by atoms with van der Waals surface area (Å²) >= 11 is 0. The minimum atomic E-state index is -0.257. The number of hydrogen-bond acceptors (Lipinski definition) is 2. The second-order valence-electron chi connectivity index (χ2n) is 3.70. The van der Waals surface area contributed by atoms with Crippen molar-refractivity contribution in [1.29, 1.82) is 0 Å². The third-order valence-electron chi connectivity index (χ3n) is 2.56. The molecule has 0 saturated heterocycles. The second-order valence-corrected chi connectivity index (χ2v) is 3.70. The van der Waals surface area contributed by atoms with E-state index >= 15 is 0 Å². The van der Waals surface area contributed by atoms with Gasteiger partial charge in [-0.15, -0.1) is 0 Å². The first-order chi connectivity index (χ1) is 8.20. The molecule has 0 spiro atoms. The van der Waals surface area contributed by atoms with E-state index in [1.165, 1.54) is 18.3 Å². The zero-order valence-electron chi connectivity index (χ0n) is 9.72. The smallest absolute Gasteiger partial charge is 0.227 e. The van der Waals surface area contributed by atoms with Crippen LogP contribution in [0.15, 0.2) is 47.8 Å². The Labute approximate surface area is 122 Å². The molecule has 1 aromatic heterocycles. The molecule has 0 bridgehead atoms. The minimum absolute atomic E-state index is 0. The average Bonchev–Trinajstić information content (AvgIpc) is 2.33. The van der Waals surface area contributed by atoms with E-state index in [4.69, 9.17) is 5.21 Å². The van der Waals surface area contributed by atoms with Crippen molar-refractivity contribution in [3.63, 3.8) is 0 Å². The Morgan fingerprint density at radius 2 is 1.83 bits per heavy atom. The highest BCUT2D eigenvalue weighted by molar-refractivity contribution is 5.77. The van der Waals surface area contributed by atoms with Gasteiger partial charge >= 0.3 is 0 Å². The van der Waals surface area contributed by atoms with Crippen LogP contribution in [0.25, 0.3) is 11.1 Å². The summed E-state index contributed by atoms with van der Waals surface area (Å²) in [5.41, 5.74) is 2.62. The Morgan fingerprint density at radius 3 is 2.44 bits per heavy atom. The number of hydrogen-bond donors (Lipinski definition) is 1. The Morgan fingerprint density at radius 1 is 1.17 bits per heavy atom. The van der Waals surface area contributed by atoms with Gasteiger partial charge in [-0.2, -0.15) is 0 Å². The summed E-state index contributed by atoms with van der Waals surface area (Å²) in [6.07, 6.45) is 3.21. The molecule has 1 N–H and O–H groups in total. The van der Waals surface area contributed by atoms with E-state index in [-0.39, 0.29) is 29.8 Å². The molecule has 0 aliphatic carbocycles. The molecule has 18 heavy (non-hydrogen) atoms. The van der Waals surface area contributed by atoms with Gasteiger partial charge in [0.1, 0.15) is 19.1 Å². The van der Waals surface area contributed by atoms with Crippen LogP contribution in [0.4, 0.5) is 4.39 Å².